The van der Waals surface area contributed by atoms with Gasteiger partial charge in [-0.3, -0.25) is 4.79 Å². The molecule has 0 aliphatic rings. The van der Waals surface area contributed by atoms with E-state index >= 15 is 0 Å². The van der Waals surface area contributed by atoms with Gasteiger partial charge in [-0.15, -0.1) is 0 Å². The van der Waals surface area contributed by atoms with Crippen molar-refractivity contribution in [1.29, 1.82) is 0 Å². The Morgan fingerprint density at radius 1 is 1.17 bits per heavy atom. The quantitative estimate of drug-likeness (QED) is 0.758. The molecule has 0 aliphatic heterocycles. The van der Waals surface area contributed by atoms with Crippen LogP contribution in [0.5, 0.6) is 5.75 Å². The topological polar surface area (TPSA) is 54.1 Å². The molecule has 4 nitrogen and oxygen atoms in total. The van der Waals surface area contributed by atoms with Crippen LogP contribution in [-0.4, -0.2) is 24.5 Å². The van der Waals surface area contributed by atoms with E-state index < -0.39 is 0 Å². The number of fused-ring (bicyclic) bond motifs is 1. The lowest BCUT2D eigenvalue weighted by Gasteiger charge is -2.09. The standard InChI is InChI=1S/C19H20N2O2/c1-13-11-15-12-14(7-8-17(15)21-13)9-10-20-19(22)16-5-3-4-6-18(16)23-2/h3-8,11-12,21H,9-10H2,1-2H3,(H,20,22). The second-order valence-electron chi connectivity index (χ2n) is 5.58. The van der Waals surface area contributed by atoms with Crippen molar-refractivity contribution in [3.05, 3.63) is 65.4 Å². The van der Waals surface area contributed by atoms with Crippen LogP contribution >= 0.6 is 0 Å². The van der Waals surface area contributed by atoms with Crippen molar-refractivity contribution in [2.75, 3.05) is 13.7 Å². The highest BCUT2D eigenvalue weighted by atomic mass is 16.5. The van der Waals surface area contributed by atoms with Gasteiger partial charge in [0.25, 0.3) is 5.91 Å². The van der Waals surface area contributed by atoms with E-state index in [1.165, 1.54) is 10.9 Å². The molecular formula is C19H20N2O2. The molecule has 3 rings (SSSR count). The predicted molar refractivity (Wildman–Crippen MR) is 92.1 cm³/mol. The fourth-order valence-electron chi connectivity index (χ4n) is 2.73. The summed E-state index contributed by atoms with van der Waals surface area (Å²) in [5.74, 6) is 0.482. The second kappa shape index (κ2) is 6.57. The summed E-state index contributed by atoms with van der Waals surface area (Å²) in [6.07, 6.45) is 0.793. The molecule has 0 fully saturated rings. The monoisotopic (exact) mass is 308 g/mol. The number of ether oxygens (including phenoxy) is 1. The number of H-pyrrole nitrogens is 1. The number of methoxy groups -OCH3 is 1. The summed E-state index contributed by atoms with van der Waals surface area (Å²) in [6, 6.07) is 15.7. The number of nitrogens with one attached hydrogen (secondary N) is 2. The summed E-state index contributed by atoms with van der Waals surface area (Å²) in [4.78, 5) is 15.5. The maximum Gasteiger partial charge on any atom is 0.255 e. The third-order valence-corrected chi connectivity index (χ3v) is 3.87. The number of hydrogen-bond donors (Lipinski definition) is 2. The van der Waals surface area contributed by atoms with Crippen LogP contribution < -0.4 is 10.1 Å². The van der Waals surface area contributed by atoms with Gasteiger partial charge in [-0.05, 0) is 54.6 Å². The van der Waals surface area contributed by atoms with E-state index in [-0.39, 0.29) is 5.91 Å². The zero-order valence-electron chi connectivity index (χ0n) is 13.3. The van der Waals surface area contributed by atoms with Gasteiger partial charge in [0.1, 0.15) is 5.75 Å². The van der Waals surface area contributed by atoms with Gasteiger partial charge in [0.2, 0.25) is 0 Å². The summed E-state index contributed by atoms with van der Waals surface area (Å²) in [7, 11) is 1.57. The number of carbonyl (C=O) groups excluding carboxylic acids is 1. The third kappa shape index (κ3) is 3.37. The molecule has 0 saturated heterocycles. The van der Waals surface area contributed by atoms with Crippen LogP contribution in [-0.2, 0) is 6.42 Å². The summed E-state index contributed by atoms with van der Waals surface area (Å²) in [6.45, 7) is 2.64. The second-order valence-corrected chi connectivity index (χ2v) is 5.58. The fraction of sp³-hybridized carbons (Fsp3) is 0.211. The highest BCUT2D eigenvalue weighted by Crippen LogP contribution is 2.18. The van der Waals surface area contributed by atoms with E-state index in [0.717, 1.165) is 17.6 Å². The molecule has 118 valence electrons. The molecular weight excluding hydrogens is 288 g/mol. The first-order valence-electron chi connectivity index (χ1n) is 7.67. The molecule has 0 radical (unpaired) electrons. The Kier molecular flexibility index (Phi) is 4.33. The van der Waals surface area contributed by atoms with Gasteiger partial charge in [-0.25, -0.2) is 0 Å². The van der Waals surface area contributed by atoms with Crippen molar-refractivity contribution < 1.29 is 9.53 Å². The molecule has 0 atom stereocenters. The van der Waals surface area contributed by atoms with Crippen LogP contribution in [0.2, 0.25) is 0 Å². The Hall–Kier alpha value is -2.75. The van der Waals surface area contributed by atoms with Gasteiger partial charge in [-0.1, -0.05) is 18.2 Å². The maximum atomic E-state index is 12.2. The van der Waals surface area contributed by atoms with Gasteiger partial charge in [0.05, 0.1) is 12.7 Å². The number of rotatable bonds is 5. The first kappa shape index (κ1) is 15.2. The van der Waals surface area contributed by atoms with E-state index in [4.69, 9.17) is 4.74 Å². The molecule has 1 amide bonds. The van der Waals surface area contributed by atoms with Crippen LogP contribution in [0.15, 0.2) is 48.5 Å². The number of carbonyl (C=O) groups is 1. The summed E-state index contributed by atoms with van der Waals surface area (Å²) in [5.41, 5.74) is 4.06. The molecule has 2 aromatic carbocycles. The molecule has 23 heavy (non-hydrogen) atoms. The Morgan fingerprint density at radius 3 is 2.83 bits per heavy atom. The summed E-state index contributed by atoms with van der Waals surface area (Å²) < 4.78 is 5.22. The van der Waals surface area contributed by atoms with Crippen molar-refractivity contribution in [2.45, 2.75) is 13.3 Å². The Labute approximate surface area is 135 Å². The zero-order valence-corrected chi connectivity index (χ0v) is 13.3. The van der Waals surface area contributed by atoms with Crippen molar-refractivity contribution in [3.63, 3.8) is 0 Å². The molecule has 4 heteroatoms. The summed E-state index contributed by atoms with van der Waals surface area (Å²) >= 11 is 0. The zero-order chi connectivity index (χ0) is 16.2. The van der Waals surface area contributed by atoms with Gasteiger partial charge >= 0.3 is 0 Å². The third-order valence-electron chi connectivity index (χ3n) is 3.87. The number of amides is 1. The van der Waals surface area contributed by atoms with Gasteiger partial charge in [0, 0.05) is 17.8 Å². The highest BCUT2D eigenvalue weighted by molar-refractivity contribution is 5.96. The minimum atomic E-state index is -0.110. The van der Waals surface area contributed by atoms with Crippen molar-refractivity contribution >= 4 is 16.8 Å². The van der Waals surface area contributed by atoms with Crippen LogP contribution in [0, 0.1) is 6.92 Å². The van der Waals surface area contributed by atoms with E-state index in [0.29, 0.717) is 17.9 Å². The SMILES string of the molecule is COc1ccccc1C(=O)NCCc1ccc2[nH]c(C)cc2c1. The molecule has 1 aromatic heterocycles. The van der Waals surface area contributed by atoms with Gasteiger partial charge < -0.3 is 15.0 Å². The van der Waals surface area contributed by atoms with Crippen molar-refractivity contribution in [1.82, 2.24) is 10.3 Å². The molecule has 0 spiro atoms. The van der Waals surface area contributed by atoms with Crippen LogP contribution in [0.25, 0.3) is 10.9 Å². The molecule has 2 N–H and O–H groups in total. The lowest BCUT2D eigenvalue weighted by Crippen LogP contribution is -2.26. The number of aryl methyl sites for hydroxylation is 1. The largest absolute Gasteiger partial charge is 0.496 e. The normalized spacial score (nSPS) is 10.7. The van der Waals surface area contributed by atoms with E-state index in [1.54, 1.807) is 19.2 Å². The Balaban J connectivity index is 1.62. The van der Waals surface area contributed by atoms with Gasteiger partial charge in [-0.2, -0.15) is 0 Å². The Morgan fingerprint density at radius 2 is 2.00 bits per heavy atom. The maximum absolute atomic E-state index is 12.2. The van der Waals surface area contributed by atoms with Crippen molar-refractivity contribution in [3.8, 4) is 5.75 Å². The molecule has 0 saturated carbocycles. The smallest absolute Gasteiger partial charge is 0.255 e. The average molecular weight is 308 g/mol. The van der Waals surface area contributed by atoms with E-state index in [1.807, 2.05) is 19.1 Å². The molecule has 0 unspecified atom stereocenters. The highest BCUT2D eigenvalue weighted by Gasteiger charge is 2.10. The lowest BCUT2D eigenvalue weighted by molar-refractivity contribution is 0.0951. The number of aromatic nitrogens is 1. The summed E-state index contributed by atoms with van der Waals surface area (Å²) in [5, 5.41) is 4.15. The average Bonchev–Trinajstić information content (AvgIpc) is 2.94. The number of para-hydroxylation sites is 1. The first-order chi connectivity index (χ1) is 11.2. The lowest BCUT2D eigenvalue weighted by atomic mass is 10.1. The first-order valence-corrected chi connectivity index (χ1v) is 7.67. The number of aromatic amines is 1. The molecule has 0 aliphatic carbocycles. The minimum Gasteiger partial charge on any atom is -0.496 e. The predicted octanol–water partition coefficient (Wildman–Crippen LogP) is 3.46. The van der Waals surface area contributed by atoms with Crippen LogP contribution in [0.4, 0.5) is 0 Å². The van der Waals surface area contributed by atoms with E-state index in [9.17, 15) is 4.79 Å². The van der Waals surface area contributed by atoms with Crippen LogP contribution in [0.1, 0.15) is 21.6 Å². The van der Waals surface area contributed by atoms with Crippen molar-refractivity contribution in [2.24, 2.45) is 0 Å². The minimum absolute atomic E-state index is 0.110. The van der Waals surface area contributed by atoms with Gasteiger partial charge in [0.15, 0.2) is 0 Å². The molecule has 0 bridgehead atoms. The van der Waals surface area contributed by atoms with Crippen LogP contribution in [0.3, 0.4) is 0 Å². The molecule has 1 heterocycles. The molecule has 3 aromatic rings. The number of benzene rings is 2. The Bertz CT molecular complexity index is 836. The number of hydrogen-bond acceptors (Lipinski definition) is 2. The fourth-order valence-corrected chi connectivity index (χ4v) is 2.73. The van der Waals surface area contributed by atoms with E-state index in [2.05, 4.69) is 34.6 Å².